The number of benzene rings is 1. The van der Waals surface area contributed by atoms with Crippen LogP contribution in [0.25, 0.3) is 22.4 Å². The largest absolute Gasteiger partial charge is 0.489 e. The Bertz CT molecular complexity index is 1290. The number of rotatable bonds is 4. The van der Waals surface area contributed by atoms with Crippen molar-refractivity contribution < 1.29 is 4.74 Å². The first-order valence-corrected chi connectivity index (χ1v) is 9.77. The van der Waals surface area contributed by atoms with E-state index in [2.05, 4.69) is 15.1 Å². The molecule has 1 aliphatic rings. The average molecular weight is 408 g/mol. The van der Waals surface area contributed by atoms with Gasteiger partial charge in [0.25, 0.3) is 11.5 Å². The summed E-state index contributed by atoms with van der Waals surface area (Å²) in [6, 6.07) is 7.40. The van der Waals surface area contributed by atoms with Gasteiger partial charge in [0.15, 0.2) is 0 Å². The van der Waals surface area contributed by atoms with Gasteiger partial charge in [-0.05, 0) is 44.9 Å². The second kappa shape index (κ2) is 6.70. The van der Waals surface area contributed by atoms with Crippen molar-refractivity contribution in [3.05, 3.63) is 69.6 Å². The number of fused-ring (bicyclic) bond motifs is 1. The fraction of sp³-hybridized carbons (Fsp3) is 0.238. The van der Waals surface area contributed by atoms with Crippen molar-refractivity contribution >= 4 is 22.4 Å². The van der Waals surface area contributed by atoms with Gasteiger partial charge in [0, 0.05) is 29.2 Å². The van der Waals surface area contributed by atoms with Crippen molar-refractivity contribution in [2.45, 2.75) is 32.8 Å². The Labute approximate surface area is 171 Å². The molecule has 3 heterocycles. The highest BCUT2D eigenvalue weighted by atomic mass is 35.5. The molecule has 0 spiro atoms. The zero-order valence-corrected chi connectivity index (χ0v) is 16.7. The van der Waals surface area contributed by atoms with Crippen LogP contribution in [0.2, 0.25) is 5.02 Å². The van der Waals surface area contributed by atoms with Crippen LogP contribution in [0.5, 0.6) is 5.75 Å². The predicted octanol–water partition coefficient (Wildman–Crippen LogP) is 3.78. The molecule has 3 aromatic heterocycles. The summed E-state index contributed by atoms with van der Waals surface area (Å²) in [6.07, 6.45) is 7.18. The van der Waals surface area contributed by atoms with Crippen LogP contribution in [-0.2, 0) is 0 Å². The number of aryl methyl sites for hydroxylation is 2. The average Bonchev–Trinajstić information content (AvgIpc) is 3.51. The molecule has 0 radical (unpaired) electrons. The molecule has 0 atom stereocenters. The number of nitrogens with zero attached hydrogens (tertiary/aromatic N) is 5. The number of hydrogen-bond donors (Lipinski definition) is 0. The van der Waals surface area contributed by atoms with Crippen LogP contribution in [-0.4, -0.2) is 30.4 Å². The monoisotopic (exact) mass is 407 g/mol. The summed E-state index contributed by atoms with van der Waals surface area (Å²) >= 11 is 6.69. The van der Waals surface area contributed by atoms with Crippen LogP contribution in [0.15, 0.2) is 47.7 Å². The third-order valence-corrected chi connectivity index (χ3v) is 5.52. The van der Waals surface area contributed by atoms with Crippen LogP contribution in [0, 0.1) is 13.8 Å². The first-order valence-electron chi connectivity index (χ1n) is 9.39. The number of aromatic nitrogens is 5. The van der Waals surface area contributed by atoms with Crippen molar-refractivity contribution in [3.63, 3.8) is 0 Å². The molecule has 1 saturated carbocycles. The van der Waals surface area contributed by atoms with Crippen LogP contribution < -0.4 is 10.3 Å². The molecular weight excluding hydrogens is 390 g/mol. The summed E-state index contributed by atoms with van der Waals surface area (Å²) in [6.45, 7) is 3.85. The van der Waals surface area contributed by atoms with Gasteiger partial charge in [-0.15, -0.1) is 0 Å². The molecule has 5 rings (SSSR count). The fourth-order valence-corrected chi connectivity index (χ4v) is 3.85. The lowest BCUT2D eigenvalue weighted by Gasteiger charge is -2.14. The Balaban J connectivity index is 1.72. The molecular formula is C21H18ClN5O2. The molecule has 0 aliphatic heterocycles. The van der Waals surface area contributed by atoms with Crippen molar-refractivity contribution in [2.75, 3.05) is 0 Å². The molecule has 0 N–H and O–H groups in total. The Morgan fingerprint density at radius 2 is 1.86 bits per heavy atom. The molecule has 4 aromatic rings. The molecule has 1 aliphatic carbocycles. The normalized spacial score (nSPS) is 13.8. The van der Waals surface area contributed by atoms with Gasteiger partial charge < -0.3 is 9.30 Å². The van der Waals surface area contributed by atoms with E-state index in [1.54, 1.807) is 24.7 Å². The first kappa shape index (κ1) is 17.9. The summed E-state index contributed by atoms with van der Waals surface area (Å²) in [5.74, 6) is 0.901. The third kappa shape index (κ3) is 2.89. The van der Waals surface area contributed by atoms with Gasteiger partial charge >= 0.3 is 0 Å². The summed E-state index contributed by atoms with van der Waals surface area (Å²) in [5, 5.41) is 6.15. The predicted molar refractivity (Wildman–Crippen MR) is 110 cm³/mol. The Kier molecular flexibility index (Phi) is 4.13. The van der Waals surface area contributed by atoms with Crippen LogP contribution in [0.4, 0.5) is 0 Å². The maximum Gasteiger partial charge on any atom is 0.283 e. The van der Waals surface area contributed by atoms with Gasteiger partial charge in [0.1, 0.15) is 10.8 Å². The molecule has 0 saturated heterocycles. The van der Waals surface area contributed by atoms with E-state index in [0.29, 0.717) is 16.2 Å². The second-order valence-electron chi connectivity index (χ2n) is 7.11. The van der Waals surface area contributed by atoms with Crippen molar-refractivity contribution in [2.24, 2.45) is 0 Å². The van der Waals surface area contributed by atoms with E-state index >= 15 is 0 Å². The summed E-state index contributed by atoms with van der Waals surface area (Å²) < 4.78 is 9.13. The summed E-state index contributed by atoms with van der Waals surface area (Å²) in [7, 11) is 0. The van der Waals surface area contributed by atoms with E-state index in [4.69, 9.17) is 16.3 Å². The van der Waals surface area contributed by atoms with E-state index in [0.717, 1.165) is 35.3 Å². The first-order chi connectivity index (χ1) is 14.1. The second-order valence-corrected chi connectivity index (χ2v) is 7.49. The van der Waals surface area contributed by atoms with Gasteiger partial charge in [-0.25, -0.2) is 9.97 Å². The molecule has 146 valence electrons. The lowest BCUT2D eigenvalue weighted by molar-refractivity contribution is 0.303. The molecule has 7 nitrogen and oxygen atoms in total. The van der Waals surface area contributed by atoms with Crippen molar-refractivity contribution in [1.82, 2.24) is 24.3 Å². The molecule has 0 unspecified atom stereocenters. The van der Waals surface area contributed by atoms with Crippen LogP contribution >= 0.6 is 11.6 Å². The minimum atomic E-state index is -0.269. The lowest BCUT2D eigenvalue weighted by atomic mass is 10.2. The van der Waals surface area contributed by atoms with Crippen LogP contribution in [0.3, 0.4) is 0 Å². The number of ether oxygens (including phenoxy) is 1. The Morgan fingerprint density at radius 3 is 2.59 bits per heavy atom. The van der Waals surface area contributed by atoms with Gasteiger partial charge in [-0.2, -0.15) is 9.78 Å². The minimum Gasteiger partial charge on any atom is -0.489 e. The lowest BCUT2D eigenvalue weighted by Crippen LogP contribution is -2.22. The highest BCUT2D eigenvalue weighted by Gasteiger charge is 2.26. The highest BCUT2D eigenvalue weighted by molar-refractivity contribution is 6.34. The zero-order chi connectivity index (χ0) is 20.1. The van der Waals surface area contributed by atoms with E-state index < -0.39 is 0 Å². The Morgan fingerprint density at radius 1 is 1.10 bits per heavy atom. The van der Waals surface area contributed by atoms with Crippen molar-refractivity contribution in [3.8, 4) is 17.4 Å². The number of halogens is 1. The molecule has 8 heteroatoms. The topological polar surface area (TPSA) is 74.8 Å². The van der Waals surface area contributed by atoms with E-state index in [1.165, 1.54) is 4.68 Å². The molecule has 0 bridgehead atoms. The highest BCUT2D eigenvalue weighted by Crippen LogP contribution is 2.37. The van der Waals surface area contributed by atoms with Gasteiger partial charge in [-0.3, -0.25) is 4.79 Å². The third-order valence-electron chi connectivity index (χ3n) is 5.14. The molecule has 0 amide bonds. The summed E-state index contributed by atoms with van der Waals surface area (Å²) in [4.78, 5) is 21.5. The fourth-order valence-electron chi connectivity index (χ4n) is 3.59. The summed E-state index contributed by atoms with van der Waals surface area (Å²) in [5.41, 5.74) is 2.17. The van der Waals surface area contributed by atoms with Crippen LogP contribution in [0.1, 0.15) is 24.2 Å². The standard InChI is InChI=1S/C21H18ClN5O2/c1-12-15-11-25-27(21-23-9-4-10-24-21)20(28)18(15)13(2)26(12)16-5-3-6-17(19(16)22)29-14-7-8-14/h3-6,9-11,14H,7-8H2,1-2H3. The molecule has 1 fully saturated rings. The van der Waals surface area contributed by atoms with Crippen molar-refractivity contribution in [1.29, 1.82) is 0 Å². The quantitative estimate of drug-likeness (QED) is 0.514. The van der Waals surface area contributed by atoms with E-state index in [1.807, 2.05) is 36.6 Å². The van der Waals surface area contributed by atoms with Gasteiger partial charge in [-0.1, -0.05) is 17.7 Å². The minimum absolute atomic E-state index is 0.238. The maximum atomic E-state index is 13.2. The number of hydrogen-bond acceptors (Lipinski definition) is 5. The van der Waals surface area contributed by atoms with Gasteiger partial charge in [0.05, 0.1) is 23.4 Å². The van der Waals surface area contributed by atoms with E-state index in [9.17, 15) is 4.79 Å². The maximum absolute atomic E-state index is 13.2. The Hall–Kier alpha value is -3.19. The zero-order valence-electron chi connectivity index (χ0n) is 16.0. The smallest absolute Gasteiger partial charge is 0.283 e. The molecule has 29 heavy (non-hydrogen) atoms. The van der Waals surface area contributed by atoms with E-state index in [-0.39, 0.29) is 17.6 Å². The SMILES string of the molecule is Cc1c2cnn(-c3ncccn3)c(=O)c2c(C)n1-c1cccc(OC2CC2)c1Cl. The molecule has 1 aromatic carbocycles. The van der Waals surface area contributed by atoms with Gasteiger partial charge in [0.2, 0.25) is 0 Å².